The van der Waals surface area contributed by atoms with E-state index in [-0.39, 0.29) is 17.4 Å². The third-order valence-electron chi connectivity index (χ3n) is 3.12. The highest BCUT2D eigenvalue weighted by Crippen LogP contribution is 2.18. The van der Waals surface area contributed by atoms with Crippen LogP contribution >= 0.6 is 0 Å². The Balaban J connectivity index is 2.44. The Hall–Kier alpha value is -0.610. The predicted octanol–water partition coefficient (Wildman–Crippen LogP) is 1.05. The van der Waals surface area contributed by atoms with E-state index in [9.17, 15) is 4.79 Å². The van der Waals surface area contributed by atoms with E-state index >= 15 is 0 Å². The maximum Gasteiger partial charge on any atom is 0.225 e. The van der Waals surface area contributed by atoms with E-state index in [0.29, 0.717) is 19.2 Å². The molecule has 0 aliphatic carbocycles. The first-order valence-corrected chi connectivity index (χ1v) is 6.09. The zero-order valence-electron chi connectivity index (χ0n) is 10.6. The molecule has 1 heterocycles. The Morgan fingerprint density at radius 1 is 1.50 bits per heavy atom. The van der Waals surface area contributed by atoms with Gasteiger partial charge in [-0.25, -0.2) is 0 Å². The summed E-state index contributed by atoms with van der Waals surface area (Å²) < 4.78 is 5.69. The standard InChI is InChI=1S/C12H24N2O2/c1-9-5-4-6-10(11(15)14-9)7-16-12(2,3)8-13/h9-10H,4-8,13H2,1-3H3,(H,14,15). The monoisotopic (exact) mass is 228 g/mol. The van der Waals surface area contributed by atoms with Crippen LogP contribution in [0.25, 0.3) is 0 Å². The van der Waals surface area contributed by atoms with Crippen LogP contribution in [-0.4, -0.2) is 30.7 Å². The summed E-state index contributed by atoms with van der Waals surface area (Å²) >= 11 is 0. The van der Waals surface area contributed by atoms with E-state index in [0.717, 1.165) is 19.3 Å². The van der Waals surface area contributed by atoms with Gasteiger partial charge in [-0.1, -0.05) is 6.42 Å². The minimum Gasteiger partial charge on any atom is -0.373 e. The molecule has 0 aromatic rings. The van der Waals surface area contributed by atoms with Gasteiger partial charge in [-0.05, 0) is 33.6 Å². The summed E-state index contributed by atoms with van der Waals surface area (Å²) in [6.07, 6.45) is 3.05. The van der Waals surface area contributed by atoms with Gasteiger partial charge in [-0.3, -0.25) is 4.79 Å². The van der Waals surface area contributed by atoms with Crippen molar-refractivity contribution in [2.24, 2.45) is 11.7 Å². The Bertz CT molecular complexity index is 241. The number of rotatable bonds is 4. The molecule has 0 aromatic carbocycles. The fourth-order valence-electron chi connectivity index (χ4n) is 1.78. The molecule has 1 fully saturated rings. The second kappa shape index (κ2) is 5.64. The maximum atomic E-state index is 11.8. The van der Waals surface area contributed by atoms with Crippen molar-refractivity contribution in [1.82, 2.24) is 5.32 Å². The van der Waals surface area contributed by atoms with Gasteiger partial charge >= 0.3 is 0 Å². The summed E-state index contributed by atoms with van der Waals surface area (Å²) in [5, 5.41) is 3.00. The smallest absolute Gasteiger partial charge is 0.225 e. The first kappa shape index (κ1) is 13.5. The van der Waals surface area contributed by atoms with E-state index in [2.05, 4.69) is 5.32 Å². The lowest BCUT2D eigenvalue weighted by atomic mass is 10.0. The largest absolute Gasteiger partial charge is 0.373 e. The molecular weight excluding hydrogens is 204 g/mol. The maximum absolute atomic E-state index is 11.8. The molecule has 0 saturated carbocycles. The number of carbonyl (C=O) groups excluding carboxylic acids is 1. The van der Waals surface area contributed by atoms with Gasteiger partial charge in [0.1, 0.15) is 0 Å². The molecule has 4 nitrogen and oxygen atoms in total. The van der Waals surface area contributed by atoms with E-state index in [1.807, 2.05) is 20.8 Å². The molecule has 0 radical (unpaired) electrons. The summed E-state index contributed by atoms with van der Waals surface area (Å²) in [5.74, 6) is 0.105. The SMILES string of the molecule is CC1CCCC(COC(C)(C)CN)C(=O)N1. The van der Waals surface area contributed by atoms with Crippen molar-refractivity contribution < 1.29 is 9.53 Å². The number of nitrogens with one attached hydrogen (secondary N) is 1. The van der Waals surface area contributed by atoms with Crippen LogP contribution in [0.4, 0.5) is 0 Å². The molecule has 16 heavy (non-hydrogen) atoms. The average Bonchev–Trinajstić information content (AvgIpc) is 2.37. The van der Waals surface area contributed by atoms with Gasteiger partial charge < -0.3 is 15.8 Å². The Labute approximate surface area is 97.9 Å². The zero-order chi connectivity index (χ0) is 12.2. The first-order valence-electron chi connectivity index (χ1n) is 6.09. The molecule has 94 valence electrons. The molecule has 1 aliphatic heterocycles. The van der Waals surface area contributed by atoms with Crippen molar-refractivity contribution in [2.45, 2.75) is 51.7 Å². The second-order valence-electron chi connectivity index (χ2n) is 5.31. The van der Waals surface area contributed by atoms with Crippen LogP contribution in [0.15, 0.2) is 0 Å². The van der Waals surface area contributed by atoms with E-state index in [1.54, 1.807) is 0 Å². The van der Waals surface area contributed by atoms with Crippen molar-refractivity contribution in [3.05, 3.63) is 0 Å². The second-order valence-corrected chi connectivity index (χ2v) is 5.31. The highest BCUT2D eigenvalue weighted by Gasteiger charge is 2.26. The lowest BCUT2D eigenvalue weighted by molar-refractivity contribution is -0.129. The van der Waals surface area contributed by atoms with Crippen LogP contribution in [0.1, 0.15) is 40.0 Å². The van der Waals surface area contributed by atoms with E-state index < -0.39 is 0 Å². The van der Waals surface area contributed by atoms with Crippen LogP contribution in [0.3, 0.4) is 0 Å². The number of nitrogens with two attached hydrogens (primary N) is 1. The molecular formula is C12H24N2O2. The minimum atomic E-state index is -0.335. The third-order valence-corrected chi connectivity index (χ3v) is 3.12. The molecule has 2 atom stereocenters. The quantitative estimate of drug-likeness (QED) is 0.756. The topological polar surface area (TPSA) is 64.3 Å². The first-order chi connectivity index (χ1) is 7.44. The van der Waals surface area contributed by atoms with Gasteiger partial charge in [-0.15, -0.1) is 0 Å². The lowest BCUT2D eigenvalue weighted by Crippen LogP contribution is -2.40. The van der Waals surface area contributed by atoms with Gasteiger partial charge in [0.15, 0.2) is 0 Å². The van der Waals surface area contributed by atoms with Crippen molar-refractivity contribution in [3.8, 4) is 0 Å². The van der Waals surface area contributed by atoms with Crippen molar-refractivity contribution in [2.75, 3.05) is 13.2 Å². The number of hydrogen-bond acceptors (Lipinski definition) is 3. The highest BCUT2D eigenvalue weighted by atomic mass is 16.5. The number of hydrogen-bond donors (Lipinski definition) is 2. The molecule has 2 unspecified atom stereocenters. The normalized spacial score (nSPS) is 27.4. The molecule has 4 heteroatoms. The van der Waals surface area contributed by atoms with Crippen LogP contribution in [0.2, 0.25) is 0 Å². The lowest BCUT2D eigenvalue weighted by Gasteiger charge is -2.25. The number of carbonyl (C=O) groups is 1. The minimum absolute atomic E-state index is 0.0178. The number of amides is 1. The molecule has 3 N–H and O–H groups in total. The Morgan fingerprint density at radius 2 is 2.19 bits per heavy atom. The van der Waals surface area contributed by atoms with Crippen LogP contribution in [0, 0.1) is 5.92 Å². The van der Waals surface area contributed by atoms with Crippen LogP contribution in [0.5, 0.6) is 0 Å². The van der Waals surface area contributed by atoms with Crippen molar-refractivity contribution >= 4 is 5.91 Å². The Morgan fingerprint density at radius 3 is 2.81 bits per heavy atom. The van der Waals surface area contributed by atoms with E-state index in [1.165, 1.54) is 0 Å². The molecule has 1 aliphatic rings. The fourth-order valence-corrected chi connectivity index (χ4v) is 1.78. The van der Waals surface area contributed by atoms with Gasteiger partial charge in [0.25, 0.3) is 0 Å². The summed E-state index contributed by atoms with van der Waals surface area (Å²) in [5.41, 5.74) is 5.25. The van der Waals surface area contributed by atoms with Crippen molar-refractivity contribution in [1.29, 1.82) is 0 Å². The zero-order valence-corrected chi connectivity index (χ0v) is 10.6. The third kappa shape index (κ3) is 4.10. The van der Waals surface area contributed by atoms with E-state index in [4.69, 9.17) is 10.5 Å². The number of ether oxygens (including phenoxy) is 1. The van der Waals surface area contributed by atoms with Gasteiger partial charge in [-0.2, -0.15) is 0 Å². The summed E-state index contributed by atoms with van der Waals surface area (Å²) in [4.78, 5) is 11.8. The fraction of sp³-hybridized carbons (Fsp3) is 0.917. The molecule has 1 amide bonds. The summed E-state index contributed by atoms with van der Waals surface area (Å²) in [7, 11) is 0. The molecule has 0 spiro atoms. The van der Waals surface area contributed by atoms with Gasteiger partial charge in [0.2, 0.25) is 5.91 Å². The van der Waals surface area contributed by atoms with Gasteiger partial charge in [0, 0.05) is 12.6 Å². The summed E-state index contributed by atoms with van der Waals surface area (Å²) in [6, 6.07) is 0.292. The molecule has 1 rings (SSSR count). The van der Waals surface area contributed by atoms with Gasteiger partial charge in [0.05, 0.1) is 18.1 Å². The average molecular weight is 228 g/mol. The van der Waals surface area contributed by atoms with Crippen molar-refractivity contribution in [3.63, 3.8) is 0 Å². The molecule has 0 bridgehead atoms. The van der Waals surface area contributed by atoms with Crippen LogP contribution < -0.4 is 11.1 Å². The molecule has 1 saturated heterocycles. The highest BCUT2D eigenvalue weighted by molar-refractivity contribution is 5.79. The summed E-state index contributed by atoms with van der Waals surface area (Å²) in [6.45, 7) is 6.89. The molecule has 0 aromatic heterocycles. The Kier molecular flexibility index (Phi) is 4.74. The predicted molar refractivity (Wildman–Crippen MR) is 64.0 cm³/mol. The van der Waals surface area contributed by atoms with Crippen LogP contribution in [-0.2, 0) is 9.53 Å².